The molecular formula is C13H27N5S. The van der Waals surface area contributed by atoms with E-state index in [-0.39, 0.29) is 10.3 Å². The molecule has 1 heterocycles. The van der Waals surface area contributed by atoms with E-state index in [4.69, 9.17) is 0 Å². The molecule has 0 spiro atoms. The van der Waals surface area contributed by atoms with Crippen molar-refractivity contribution in [1.82, 2.24) is 25.5 Å². The van der Waals surface area contributed by atoms with Gasteiger partial charge in [-0.05, 0) is 50.3 Å². The minimum atomic E-state index is 0.0723. The van der Waals surface area contributed by atoms with Crippen molar-refractivity contribution in [2.24, 2.45) is 0 Å². The molecule has 0 fully saturated rings. The Morgan fingerprint density at radius 2 is 1.84 bits per heavy atom. The summed E-state index contributed by atoms with van der Waals surface area (Å²) in [6, 6.07) is 0. The quantitative estimate of drug-likeness (QED) is 0.834. The minimum Gasteiger partial charge on any atom is -0.305 e. The van der Waals surface area contributed by atoms with Crippen LogP contribution in [0.4, 0.5) is 0 Å². The van der Waals surface area contributed by atoms with E-state index in [9.17, 15) is 0 Å². The van der Waals surface area contributed by atoms with Crippen LogP contribution in [0.15, 0.2) is 0 Å². The molecule has 1 aromatic rings. The van der Waals surface area contributed by atoms with Crippen molar-refractivity contribution in [3.05, 3.63) is 5.82 Å². The Morgan fingerprint density at radius 1 is 1.21 bits per heavy atom. The van der Waals surface area contributed by atoms with Gasteiger partial charge in [0.25, 0.3) is 0 Å². The van der Waals surface area contributed by atoms with Gasteiger partial charge in [-0.1, -0.05) is 13.8 Å². The largest absolute Gasteiger partial charge is 0.305 e. The van der Waals surface area contributed by atoms with E-state index < -0.39 is 0 Å². The monoisotopic (exact) mass is 285 g/mol. The van der Waals surface area contributed by atoms with Crippen molar-refractivity contribution in [2.45, 2.75) is 70.8 Å². The van der Waals surface area contributed by atoms with Gasteiger partial charge in [0.15, 0.2) is 5.82 Å². The second kappa shape index (κ2) is 6.70. The Labute approximate surface area is 120 Å². The summed E-state index contributed by atoms with van der Waals surface area (Å²) in [5.41, 5.74) is 0.0723. The molecule has 0 unspecified atom stereocenters. The zero-order valence-corrected chi connectivity index (χ0v) is 13.8. The molecule has 6 heteroatoms. The molecule has 1 N–H and O–H groups in total. The molecule has 110 valence electrons. The SMILES string of the molecule is CCC(CC)(Cn1nnnc1CNC(C)(C)C)SC. The Balaban J connectivity index is 2.77. The van der Waals surface area contributed by atoms with Crippen molar-refractivity contribution in [1.29, 1.82) is 0 Å². The zero-order chi connectivity index (χ0) is 14.5. The molecule has 0 amide bonds. The summed E-state index contributed by atoms with van der Waals surface area (Å²) in [4.78, 5) is 0. The summed E-state index contributed by atoms with van der Waals surface area (Å²) in [6.07, 6.45) is 4.41. The molecule has 0 aliphatic carbocycles. The number of tetrazole rings is 1. The summed E-state index contributed by atoms with van der Waals surface area (Å²) >= 11 is 1.91. The summed E-state index contributed by atoms with van der Waals surface area (Å²) in [7, 11) is 0. The van der Waals surface area contributed by atoms with Gasteiger partial charge in [-0.15, -0.1) is 5.10 Å². The fourth-order valence-electron chi connectivity index (χ4n) is 1.92. The fraction of sp³-hybridized carbons (Fsp3) is 0.923. The molecular weight excluding hydrogens is 258 g/mol. The van der Waals surface area contributed by atoms with Crippen LogP contribution in [0, 0.1) is 0 Å². The number of rotatable bonds is 7. The fourth-order valence-corrected chi connectivity index (χ4v) is 2.75. The van der Waals surface area contributed by atoms with Gasteiger partial charge >= 0.3 is 0 Å². The maximum atomic E-state index is 4.15. The van der Waals surface area contributed by atoms with Gasteiger partial charge in [-0.2, -0.15) is 11.8 Å². The Hall–Kier alpha value is -0.620. The van der Waals surface area contributed by atoms with Crippen LogP contribution in [0.25, 0.3) is 0 Å². The van der Waals surface area contributed by atoms with Gasteiger partial charge in [0.05, 0.1) is 13.1 Å². The van der Waals surface area contributed by atoms with Gasteiger partial charge < -0.3 is 5.32 Å². The van der Waals surface area contributed by atoms with Crippen LogP contribution in [0.3, 0.4) is 0 Å². The van der Waals surface area contributed by atoms with E-state index in [1.807, 2.05) is 16.4 Å². The topological polar surface area (TPSA) is 55.6 Å². The van der Waals surface area contributed by atoms with Gasteiger partial charge in [0, 0.05) is 10.3 Å². The first-order chi connectivity index (χ1) is 8.86. The van der Waals surface area contributed by atoms with Crippen LogP contribution in [0.5, 0.6) is 0 Å². The first kappa shape index (κ1) is 16.4. The molecule has 1 aromatic heterocycles. The summed E-state index contributed by atoms with van der Waals surface area (Å²) in [5, 5.41) is 15.5. The molecule has 1 rings (SSSR count). The van der Waals surface area contributed by atoms with Crippen molar-refractivity contribution in [3.63, 3.8) is 0 Å². The van der Waals surface area contributed by atoms with E-state index >= 15 is 0 Å². The standard InChI is InChI=1S/C13H27N5S/c1-7-13(8-2,19-6)10-18-11(15-16-17-18)9-14-12(3,4)5/h14H,7-10H2,1-6H3. The van der Waals surface area contributed by atoms with Crippen molar-refractivity contribution in [3.8, 4) is 0 Å². The molecule has 0 bridgehead atoms. The Kier molecular flexibility index (Phi) is 5.80. The zero-order valence-electron chi connectivity index (χ0n) is 13.0. The second-order valence-electron chi connectivity index (χ2n) is 5.95. The van der Waals surface area contributed by atoms with Crippen LogP contribution < -0.4 is 5.32 Å². The molecule has 0 saturated carbocycles. The number of hydrogen-bond donors (Lipinski definition) is 1. The van der Waals surface area contributed by atoms with E-state index in [1.54, 1.807) is 0 Å². The number of thioether (sulfide) groups is 1. The molecule has 0 radical (unpaired) electrons. The molecule has 19 heavy (non-hydrogen) atoms. The Morgan fingerprint density at radius 3 is 2.32 bits per heavy atom. The molecule has 0 atom stereocenters. The van der Waals surface area contributed by atoms with Crippen LogP contribution in [-0.4, -0.2) is 36.7 Å². The highest BCUT2D eigenvalue weighted by molar-refractivity contribution is 8.00. The molecule has 0 aliphatic rings. The average molecular weight is 285 g/mol. The van der Waals surface area contributed by atoms with Crippen molar-refractivity contribution < 1.29 is 0 Å². The maximum absolute atomic E-state index is 4.15. The highest BCUT2D eigenvalue weighted by atomic mass is 32.2. The lowest BCUT2D eigenvalue weighted by Crippen LogP contribution is -2.37. The highest BCUT2D eigenvalue weighted by Gasteiger charge is 2.27. The number of hydrogen-bond acceptors (Lipinski definition) is 5. The van der Waals surface area contributed by atoms with Gasteiger partial charge in [0.1, 0.15) is 0 Å². The van der Waals surface area contributed by atoms with Gasteiger partial charge in [0.2, 0.25) is 0 Å². The maximum Gasteiger partial charge on any atom is 0.165 e. The van der Waals surface area contributed by atoms with E-state index in [0.717, 1.165) is 25.2 Å². The van der Waals surface area contributed by atoms with E-state index in [1.165, 1.54) is 0 Å². The summed E-state index contributed by atoms with van der Waals surface area (Å²) in [6.45, 7) is 12.5. The lowest BCUT2D eigenvalue weighted by molar-refractivity contribution is 0.387. The highest BCUT2D eigenvalue weighted by Crippen LogP contribution is 2.32. The molecule has 5 nitrogen and oxygen atoms in total. The molecule has 0 aromatic carbocycles. The third-order valence-electron chi connectivity index (χ3n) is 3.54. The van der Waals surface area contributed by atoms with E-state index in [0.29, 0.717) is 6.54 Å². The first-order valence-corrected chi connectivity index (χ1v) is 8.13. The van der Waals surface area contributed by atoms with Gasteiger partial charge in [-0.3, -0.25) is 0 Å². The van der Waals surface area contributed by atoms with Crippen LogP contribution >= 0.6 is 11.8 Å². The first-order valence-electron chi connectivity index (χ1n) is 6.91. The normalized spacial score (nSPS) is 12.9. The average Bonchev–Trinajstić information content (AvgIpc) is 2.80. The van der Waals surface area contributed by atoms with E-state index in [2.05, 4.69) is 61.7 Å². The third kappa shape index (κ3) is 4.76. The number of nitrogens with one attached hydrogen (secondary N) is 1. The predicted octanol–water partition coefficient (Wildman–Crippen LogP) is 2.48. The summed E-state index contributed by atoms with van der Waals surface area (Å²) < 4.78 is 2.17. The minimum absolute atomic E-state index is 0.0723. The molecule has 0 saturated heterocycles. The second-order valence-corrected chi connectivity index (χ2v) is 7.22. The number of aromatic nitrogens is 4. The lowest BCUT2D eigenvalue weighted by Gasteiger charge is -2.29. The lowest BCUT2D eigenvalue weighted by atomic mass is 10.0. The van der Waals surface area contributed by atoms with Crippen LogP contribution in [-0.2, 0) is 13.1 Å². The summed E-state index contributed by atoms with van der Waals surface area (Å²) in [5.74, 6) is 0.912. The van der Waals surface area contributed by atoms with Crippen LogP contribution in [0.2, 0.25) is 0 Å². The molecule has 0 aliphatic heterocycles. The number of nitrogens with zero attached hydrogens (tertiary/aromatic N) is 4. The van der Waals surface area contributed by atoms with Crippen LogP contribution in [0.1, 0.15) is 53.3 Å². The predicted molar refractivity (Wildman–Crippen MR) is 81.2 cm³/mol. The Bertz CT molecular complexity index is 370. The van der Waals surface area contributed by atoms with Crippen molar-refractivity contribution >= 4 is 11.8 Å². The smallest absolute Gasteiger partial charge is 0.165 e. The van der Waals surface area contributed by atoms with Crippen molar-refractivity contribution in [2.75, 3.05) is 6.26 Å². The third-order valence-corrected chi connectivity index (χ3v) is 5.11. The van der Waals surface area contributed by atoms with Gasteiger partial charge in [-0.25, -0.2) is 4.68 Å².